The SMILES string of the molecule is Ic1nc(-c2cscn2)ns1. The van der Waals surface area contributed by atoms with Gasteiger partial charge in [0.1, 0.15) is 5.69 Å². The Morgan fingerprint density at radius 2 is 2.36 bits per heavy atom. The zero-order valence-corrected chi connectivity index (χ0v) is 8.98. The van der Waals surface area contributed by atoms with E-state index < -0.39 is 0 Å². The lowest BCUT2D eigenvalue weighted by molar-refractivity contribution is 1.25. The van der Waals surface area contributed by atoms with Gasteiger partial charge < -0.3 is 0 Å². The average Bonchev–Trinajstić information content (AvgIpc) is 2.55. The molecule has 0 unspecified atom stereocenters. The van der Waals surface area contributed by atoms with Gasteiger partial charge in [0, 0.05) is 5.38 Å². The molecular weight excluding hydrogens is 293 g/mol. The highest BCUT2D eigenvalue weighted by molar-refractivity contribution is 14.1. The molecule has 56 valence electrons. The largest absolute Gasteiger partial charge is 0.241 e. The molecule has 2 rings (SSSR count). The van der Waals surface area contributed by atoms with E-state index in [0.717, 1.165) is 14.5 Å². The molecule has 0 radical (unpaired) electrons. The van der Waals surface area contributed by atoms with E-state index in [2.05, 4.69) is 36.9 Å². The quantitative estimate of drug-likeness (QED) is 0.758. The molecule has 0 bridgehead atoms. The molecule has 0 aromatic carbocycles. The Morgan fingerprint density at radius 1 is 1.45 bits per heavy atom. The van der Waals surface area contributed by atoms with Crippen molar-refractivity contribution in [2.24, 2.45) is 0 Å². The lowest BCUT2D eigenvalue weighted by atomic mass is 10.5. The van der Waals surface area contributed by atoms with Crippen LogP contribution >= 0.6 is 45.5 Å². The van der Waals surface area contributed by atoms with Crippen molar-refractivity contribution in [3.8, 4) is 11.5 Å². The van der Waals surface area contributed by atoms with E-state index in [9.17, 15) is 0 Å². The van der Waals surface area contributed by atoms with Crippen LogP contribution in [0.4, 0.5) is 0 Å². The van der Waals surface area contributed by atoms with E-state index >= 15 is 0 Å². The second kappa shape index (κ2) is 3.11. The van der Waals surface area contributed by atoms with Crippen LogP contribution in [0.15, 0.2) is 10.9 Å². The van der Waals surface area contributed by atoms with Crippen molar-refractivity contribution < 1.29 is 0 Å². The summed E-state index contributed by atoms with van der Waals surface area (Å²) in [5.74, 6) is 0.737. The Bertz CT molecular complexity index is 342. The first kappa shape index (κ1) is 7.56. The molecular formula is C5H2IN3S2. The highest BCUT2D eigenvalue weighted by atomic mass is 127. The maximum Gasteiger partial charge on any atom is 0.193 e. The molecule has 0 amide bonds. The summed E-state index contributed by atoms with van der Waals surface area (Å²) in [7, 11) is 0. The number of halogens is 1. The van der Waals surface area contributed by atoms with Crippen molar-refractivity contribution in [3.05, 3.63) is 13.9 Å². The van der Waals surface area contributed by atoms with E-state index in [0.29, 0.717) is 0 Å². The fourth-order valence-electron chi connectivity index (χ4n) is 0.632. The summed E-state index contributed by atoms with van der Waals surface area (Å²) in [5, 5.41) is 1.94. The first-order valence-electron chi connectivity index (χ1n) is 2.74. The molecule has 2 heterocycles. The van der Waals surface area contributed by atoms with E-state index in [1.807, 2.05) is 5.38 Å². The van der Waals surface area contributed by atoms with Crippen LogP contribution in [0.5, 0.6) is 0 Å². The first-order valence-corrected chi connectivity index (χ1v) is 5.53. The summed E-state index contributed by atoms with van der Waals surface area (Å²) in [6.07, 6.45) is 0. The van der Waals surface area contributed by atoms with E-state index in [4.69, 9.17) is 0 Å². The predicted octanol–water partition coefficient (Wildman–Crippen LogP) is 2.27. The third kappa shape index (κ3) is 1.57. The van der Waals surface area contributed by atoms with Gasteiger partial charge in [0.25, 0.3) is 0 Å². The molecule has 0 aliphatic rings. The molecule has 0 aliphatic carbocycles. The molecule has 0 N–H and O–H groups in total. The standard InChI is InChI=1S/C5H2IN3S2/c6-5-8-4(9-11-5)3-1-10-2-7-3/h1-2H. The zero-order valence-electron chi connectivity index (χ0n) is 5.19. The van der Waals surface area contributed by atoms with Crippen LogP contribution in [0.3, 0.4) is 0 Å². The average molecular weight is 295 g/mol. The van der Waals surface area contributed by atoms with Gasteiger partial charge in [0.15, 0.2) is 8.84 Å². The topological polar surface area (TPSA) is 38.7 Å². The second-order valence-corrected chi connectivity index (χ2v) is 4.97. The van der Waals surface area contributed by atoms with Crippen molar-refractivity contribution in [2.45, 2.75) is 0 Å². The molecule has 2 aromatic rings. The van der Waals surface area contributed by atoms with Crippen LogP contribution in [-0.4, -0.2) is 14.3 Å². The zero-order chi connectivity index (χ0) is 7.68. The van der Waals surface area contributed by atoms with E-state index in [1.54, 1.807) is 16.8 Å². The summed E-state index contributed by atoms with van der Waals surface area (Å²) in [4.78, 5) is 8.29. The Balaban J connectivity index is 2.45. The number of hydrogen-bond acceptors (Lipinski definition) is 5. The van der Waals surface area contributed by atoms with Crippen LogP contribution in [-0.2, 0) is 0 Å². The predicted molar refractivity (Wildman–Crippen MR) is 53.7 cm³/mol. The summed E-state index contributed by atoms with van der Waals surface area (Å²) in [5.41, 5.74) is 2.65. The summed E-state index contributed by atoms with van der Waals surface area (Å²) in [6.45, 7) is 0. The number of rotatable bonds is 1. The first-order chi connectivity index (χ1) is 5.36. The molecule has 6 heteroatoms. The lowest BCUT2D eigenvalue weighted by Crippen LogP contribution is -1.78. The minimum Gasteiger partial charge on any atom is -0.241 e. The Kier molecular flexibility index (Phi) is 2.14. The number of thiazole rings is 1. The van der Waals surface area contributed by atoms with Gasteiger partial charge in [0.2, 0.25) is 0 Å². The molecule has 0 atom stereocenters. The van der Waals surface area contributed by atoms with Crippen LogP contribution in [0.2, 0.25) is 0 Å². The van der Waals surface area contributed by atoms with Gasteiger partial charge in [-0.15, -0.1) is 11.3 Å². The second-order valence-electron chi connectivity index (χ2n) is 1.74. The smallest absolute Gasteiger partial charge is 0.193 e. The fourth-order valence-corrected chi connectivity index (χ4v) is 2.11. The molecule has 3 nitrogen and oxygen atoms in total. The highest BCUT2D eigenvalue weighted by Gasteiger charge is 2.04. The Hall–Kier alpha value is -0.0800. The van der Waals surface area contributed by atoms with E-state index in [1.165, 1.54) is 11.5 Å². The molecule has 0 saturated carbocycles. The Morgan fingerprint density at radius 3 is 2.91 bits per heavy atom. The van der Waals surface area contributed by atoms with Crippen molar-refractivity contribution in [1.82, 2.24) is 14.3 Å². The lowest BCUT2D eigenvalue weighted by Gasteiger charge is -1.81. The van der Waals surface area contributed by atoms with Gasteiger partial charge in [0.05, 0.1) is 5.51 Å². The van der Waals surface area contributed by atoms with Crippen molar-refractivity contribution >= 4 is 45.5 Å². The molecule has 0 aliphatic heterocycles. The van der Waals surface area contributed by atoms with Crippen LogP contribution in [0.1, 0.15) is 0 Å². The molecule has 2 aromatic heterocycles. The fraction of sp³-hybridized carbons (Fsp3) is 0. The maximum atomic E-state index is 4.19. The third-order valence-corrected chi connectivity index (χ3v) is 2.99. The van der Waals surface area contributed by atoms with E-state index in [-0.39, 0.29) is 0 Å². The van der Waals surface area contributed by atoms with Gasteiger partial charge >= 0.3 is 0 Å². The third-order valence-electron chi connectivity index (χ3n) is 1.06. The van der Waals surface area contributed by atoms with Crippen LogP contribution in [0.25, 0.3) is 11.5 Å². The molecule has 0 spiro atoms. The minimum absolute atomic E-state index is 0.737. The van der Waals surface area contributed by atoms with Gasteiger partial charge in [-0.2, -0.15) is 4.37 Å². The van der Waals surface area contributed by atoms with Crippen molar-refractivity contribution in [1.29, 1.82) is 0 Å². The molecule has 0 saturated heterocycles. The molecule has 0 fully saturated rings. The highest BCUT2D eigenvalue weighted by Crippen LogP contribution is 2.18. The summed E-state index contributed by atoms with van der Waals surface area (Å²) in [6, 6.07) is 0. The number of hydrogen-bond donors (Lipinski definition) is 0. The monoisotopic (exact) mass is 295 g/mol. The summed E-state index contributed by atoms with van der Waals surface area (Å²) >= 11 is 5.09. The van der Waals surface area contributed by atoms with Gasteiger partial charge in [-0.25, -0.2) is 9.97 Å². The normalized spacial score (nSPS) is 10.3. The molecule has 11 heavy (non-hydrogen) atoms. The number of nitrogens with zero attached hydrogens (tertiary/aromatic N) is 3. The number of aromatic nitrogens is 3. The van der Waals surface area contributed by atoms with Gasteiger partial charge in [-0.05, 0) is 34.1 Å². The van der Waals surface area contributed by atoms with Crippen molar-refractivity contribution in [3.63, 3.8) is 0 Å². The minimum atomic E-state index is 0.737. The maximum absolute atomic E-state index is 4.19. The Labute approximate surface area is 84.8 Å². The van der Waals surface area contributed by atoms with Gasteiger partial charge in [-0.1, -0.05) is 0 Å². The van der Waals surface area contributed by atoms with Gasteiger partial charge in [-0.3, -0.25) is 0 Å². The van der Waals surface area contributed by atoms with Crippen molar-refractivity contribution in [2.75, 3.05) is 0 Å². The van der Waals surface area contributed by atoms with Crippen LogP contribution in [0, 0.1) is 3.01 Å². The summed E-state index contributed by atoms with van der Waals surface area (Å²) < 4.78 is 5.08. The van der Waals surface area contributed by atoms with Crippen LogP contribution < -0.4 is 0 Å².